The van der Waals surface area contributed by atoms with Crippen LogP contribution in [0.5, 0.6) is 0 Å². The van der Waals surface area contributed by atoms with Crippen LogP contribution in [0.25, 0.3) is 16.9 Å². The minimum atomic E-state index is -3.53. The lowest BCUT2D eigenvalue weighted by atomic mass is 10.1. The number of benzene rings is 1. The van der Waals surface area contributed by atoms with Gasteiger partial charge in [-0.05, 0) is 42.3 Å². The fraction of sp³-hybridized carbons (Fsp3) is 0.118. The maximum Gasteiger partial charge on any atom is 0.271 e. The molecule has 0 bridgehead atoms. The predicted molar refractivity (Wildman–Crippen MR) is 98.6 cm³/mol. The first-order valence-corrected chi connectivity index (χ1v) is 10.4. The number of hydrogen-bond donors (Lipinski definition) is 0. The molecule has 1 aliphatic heterocycles. The molecule has 26 heavy (non-hydrogen) atoms. The number of aromatic nitrogens is 2. The Labute approximate surface area is 157 Å². The molecule has 0 radical (unpaired) electrons. The van der Waals surface area contributed by atoms with E-state index in [-0.39, 0.29) is 26.8 Å². The van der Waals surface area contributed by atoms with E-state index in [9.17, 15) is 13.2 Å². The lowest BCUT2D eigenvalue weighted by Crippen LogP contribution is -2.22. The molecule has 0 saturated heterocycles. The normalized spacial score (nSPS) is 14.8. The summed E-state index contributed by atoms with van der Waals surface area (Å²) < 4.78 is 26.4. The summed E-state index contributed by atoms with van der Waals surface area (Å²) >= 11 is 6.82. The second-order valence-corrected chi connectivity index (χ2v) is 9.53. The van der Waals surface area contributed by atoms with Crippen LogP contribution in [-0.4, -0.2) is 24.0 Å². The number of thiophene rings is 1. The summed E-state index contributed by atoms with van der Waals surface area (Å²) in [5.74, 6) is -0.121. The fourth-order valence-electron chi connectivity index (χ4n) is 2.84. The van der Waals surface area contributed by atoms with E-state index in [1.807, 2.05) is 6.07 Å². The molecule has 0 fully saturated rings. The molecular formula is C17H10ClN3O3S2. The van der Waals surface area contributed by atoms with E-state index in [1.54, 1.807) is 24.3 Å². The average molecular weight is 404 g/mol. The second kappa shape index (κ2) is 6.06. The molecule has 3 heterocycles. The van der Waals surface area contributed by atoms with Crippen molar-refractivity contribution in [3.63, 3.8) is 0 Å². The summed E-state index contributed by atoms with van der Waals surface area (Å²) in [7, 11) is -3.53. The van der Waals surface area contributed by atoms with Crippen molar-refractivity contribution < 1.29 is 8.42 Å². The van der Waals surface area contributed by atoms with Crippen LogP contribution in [0.4, 0.5) is 0 Å². The Morgan fingerprint density at radius 2 is 1.96 bits per heavy atom. The molecule has 130 valence electrons. The zero-order valence-electron chi connectivity index (χ0n) is 13.1. The van der Waals surface area contributed by atoms with Crippen molar-refractivity contribution in [3.8, 4) is 23.0 Å². The van der Waals surface area contributed by atoms with Gasteiger partial charge in [0, 0.05) is 16.7 Å². The second-order valence-electron chi connectivity index (χ2n) is 5.74. The Bertz CT molecular complexity index is 1240. The molecular weight excluding hydrogens is 394 g/mol. The zero-order chi connectivity index (χ0) is 18.5. The fourth-order valence-corrected chi connectivity index (χ4v) is 5.84. The predicted octanol–water partition coefficient (Wildman–Crippen LogP) is 2.82. The maximum atomic E-state index is 12.5. The highest BCUT2D eigenvalue weighted by Gasteiger charge is 2.30. The van der Waals surface area contributed by atoms with E-state index in [4.69, 9.17) is 16.9 Å². The summed E-state index contributed by atoms with van der Waals surface area (Å²) in [6.07, 6.45) is 0.199. The molecule has 3 aromatic rings. The quantitative estimate of drug-likeness (QED) is 0.622. The smallest absolute Gasteiger partial charge is 0.267 e. The average Bonchev–Trinajstić information content (AvgIpc) is 3.03. The highest BCUT2D eigenvalue weighted by atomic mass is 35.5. The third-order valence-corrected chi connectivity index (χ3v) is 7.69. The standard InChI is InChI=1S/C17H10ClN3O3S2/c18-11-1-3-12(4-2-11)21-15(22)7-10-5-6-26(23,24)17-14(16(10)20-21)8-13(9-19)25-17/h1-4,7-8H,5-6H2. The van der Waals surface area contributed by atoms with E-state index in [1.165, 1.54) is 16.8 Å². The minimum Gasteiger partial charge on any atom is -0.267 e. The van der Waals surface area contributed by atoms with Crippen molar-refractivity contribution in [2.24, 2.45) is 0 Å². The molecule has 1 aromatic carbocycles. The molecule has 0 spiro atoms. The number of fused-ring (bicyclic) bond motifs is 3. The first-order valence-electron chi connectivity index (χ1n) is 7.55. The molecule has 0 atom stereocenters. The molecule has 2 aromatic heterocycles. The molecule has 9 heteroatoms. The van der Waals surface area contributed by atoms with Crippen molar-refractivity contribution >= 4 is 32.8 Å². The highest BCUT2D eigenvalue weighted by Crippen LogP contribution is 2.38. The van der Waals surface area contributed by atoms with Crippen LogP contribution in [-0.2, 0) is 16.3 Å². The van der Waals surface area contributed by atoms with Crippen LogP contribution < -0.4 is 5.56 Å². The molecule has 0 unspecified atom stereocenters. The summed E-state index contributed by atoms with van der Waals surface area (Å²) in [5.41, 5.74) is 1.51. The monoisotopic (exact) mass is 403 g/mol. The van der Waals surface area contributed by atoms with Crippen LogP contribution in [0, 0.1) is 11.3 Å². The summed E-state index contributed by atoms with van der Waals surface area (Å²) in [6.45, 7) is 0. The van der Waals surface area contributed by atoms with Crippen molar-refractivity contribution in [3.05, 3.63) is 62.2 Å². The van der Waals surface area contributed by atoms with E-state index >= 15 is 0 Å². The van der Waals surface area contributed by atoms with E-state index in [0.29, 0.717) is 27.5 Å². The van der Waals surface area contributed by atoms with Crippen LogP contribution in [0.1, 0.15) is 10.4 Å². The number of nitriles is 1. The first-order chi connectivity index (χ1) is 12.4. The molecule has 4 rings (SSSR count). The van der Waals surface area contributed by atoms with Gasteiger partial charge in [0.15, 0.2) is 9.84 Å². The van der Waals surface area contributed by atoms with Gasteiger partial charge in [0.2, 0.25) is 0 Å². The summed E-state index contributed by atoms with van der Waals surface area (Å²) in [4.78, 5) is 12.8. The highest BCUT2D eigenvalue weighted by molar-refractivity contribution is 7.93. The Morgan fingerprint density at radius 1 is 1.23 bits per heavy atom. The summed E-state index contributed by atoms with van der Waals surface area (Å²) in [6, 6.07) is 11.5. The number of hydrogen-bond acceptors (Lipinski definition) is 6. The van der Waals surface area contributed by atoms with E-state index < -0.39 is 9.84 Å². The first kappa shape index (κ1) is 17.0. The van der Waals surface area contributed by atoms with Crippen molar-refractivity contribution in [1.29, 1.82) is 5.26 Å². The van der Waals surface area contributed by atoms with Gasteiger partial charge in [0.05, 0.1) is 17.1 Å². The Kier molecular flexibility index (Phi) is 3.95. The van der Waals surface area contributed by atoms with Crippen LogP contribution in [0.15, 0.2) is 45.4 Å². The number of aryl methyl sites for hydroxylation is 1. The Balaban J connectivity index is 2.01. The molecule has 0 saturated carbocycles. The third-order valence-electron chi connectivity index (χ3n) is 4.07. The molecule has 6 nitrogen and oxygen atoms in total. The van der Waals surface area contributed by atoms with E-state index in [0.717, 1.165) is 11.3 Å². The third kappa shape index (κ3) is 2.74. The molecule has 1 aliphatic rings. The van der Waals surface area contributed by atoms with Gasteiger partial charge in [0.25, 0.3) is 5.56 Å². The van der Waals surface area contributed by atoms with Gasteiger partial charge < -0.3 is 0 Å². The van der Waals surface area contributed by atoms with Gasteiger partial charge >= 0.3 is 0 Å². The Morgan fingerprint density at radius 3 is 2.65 bits per heavy atom. The van der Waals surface area contributed by atoms with Crippen LogP contribution in [0.3, 0.4) is 0 Å². The SMILES string of the molecule is N#Cc1cc2c(s1)S(=O)(=O)CCc1cc(=O)n(-c3ccc(Cl)cc3)nc1-2. The van der Waals surface area contributed by atoms with Crippen molar-refractivity contribution in [1.82, 2.24) is 9.78 Å². The molecule has 0 aliphatic carbocycles. The summed E-state index contributed by atoms with van der Waals surface area (Å²) in [5, 5.41) is 14.1. The molecule has 0 amide bonds. The number of nitrogens with zero attached hydrogens (tertiary/aromatic N) is 3. The van der Waals surface area contributed by atoms with Crippen LogP contribution in [0.2, 0.25) is 5.02 Å². The largest absolute Gasteiger partial charge is 0.271 e. The van der Waals surface area contributed by atoms with Crippen molar-refractivity contribution in [2.75, 3.05) is 5.75 Å². The van der Waals surface area contributed by atoms with Crippen molar-refractivity contribution in [2.45, 2.75) is 10.6 Å². The number of halogens is 1. The zero-order valence-corrected chi connectivity index (χ0v) is 15.5. The van der Waals surface area contributed by atoms with Gasteiger partial charge in [-0.3, -0.25) is 4.79 Å². The van der Waals surface area contributed by atoms with Gasteiger partial charge in [-0.1, -0.05) is 11.6 Å². The van der Waals surface area contributed by atoms with E-state index in [2.05, 4.69) is 5.10 Å². The lowest BCUT2D eigenvalue weighted by molar-refractivity contribution is 0.598. The van der Waals surface area contributed by atoms with Gasteiger partial charge in [0.1, 0.15) is 15.2 Å². The topological polar surface area (TPSA) is 92.8 Å². The Hall–Kier alpha value is -2.47. The van der Waals surface area contributed by atoms with Gasteiger partial charge in [-0.25, -0.2) is 8.42 Å². The minimum absolute atomic E-state index is 0.121. The number of sulfone groups is 1. The maximum absolute atomic E-state index is 12.5. The molecule has 0 N–H and O–H groups in total. The lowest BCUT2D eigenvalue weighted by Gasteiger charge is -2.09. The van der Waals surface area contributed by atoms with Gasteiger partial charge in [-0.15, -0.1) is 11.3 Å². The van der Waals surface area contributed by atoms with Gasteiger partial charge in [-0.2, -0.15) is 15.0 Å². The van der Waals surface area contributed by atoms with Crippen LogP contribution >= 0.6 is 22.9 Å². The number of rotatable bonds is 1.